The SMILES string of the molecule is O=C(C(=O)N(Cc1ccc(-c2noc(C(F)(F)F)n2)s1)OCC(F)F)c1ccco1. The van der Waals surface area contributed by atoms with Crippen LogP contribution >= 0.6 is 11.3 Å². The van der Waals surface area contributed by atoms with E-state index in [0.29, 0.717) is 9.94 Å². The predicted octanol–water partition coefficient (Wildman–Crippen LogP) is 3.82. The summed E-state index contributed by atoms with van der Waals surface area (Å²) < 4.78 is 71.7. The molecule has 0 spiro atoms. The molecule has 0 aromatic carbocycles. The van der Waals surface area contributed by atoms with E-state index in [4.69, 9.17) is 9.25 Å². The van der Waals surface area contributed by atoms with Gasteiger partial charge in [-0.3, -0.25) is 14.4 Å². The average molecular weight is 451 g/mol. The Morgan fingerprint density at radius 2 is 2.00 bits per heavy atom. The second-order valence-corrected chi connectivity index (χ2v) is 6.69. The van der Waals surface area contributed by atoms with Crippen LogP contribution in [0.25, 0.3) is 10.7 Å². The fraction of sp³-hybridized carbons (Fsp3) is 0.250. The summed E-state index contributed by atoms with van der Waals surface area (Å²) in [5.74, 6) is -4.59. The number of rotatable bonds is 8. The Morgan fingerprint density at radius 1 is 1.23 bits per heavy atom. The monoisotopic (exact) mass is 451 g/mol. The first-order chi connectivity index (χ1) is 14.1. The van der Waals surface area contributed by atoms with Crippen molar-refractivity contribution in [2.75, 3.05) is 6.61 Å². The normalized spacial score (nSPS) is 11.8. The van der Waals surface area contributed by atoms with Gasteiger partial charge in [0.05, 0.1) is 17.7 Å². The Balaban J connectivity index is 1.77. The minimum atomic E-state index is -4.82. The van der Waals surface area contributed by atoms with Gasteiger partial charge >= 0.3 is 18.0 Å². The zero-order chi connectivity index (χ0) is 21.9. The van der Waals surface area contributed by atoms with Crippen LogP contribution in [-0.2, 0) is 22.4 Å². The Morgan fingerprint density at radius 3 is 2.60 bits per heavy atom. The number of furan rings is 1. The second-order valence-electron chi connectivity index (χ2n) is 5.52. The molecule has 30 heavy (non-hydrogen) atoms. The standard InChI is InChI=1S/C16H10F5N3O5S/c17-11(18)7-28-24(14(26)12(25)9-2-1-5-27-9)6-8-3-4-10(30-8)13-22-15(29-23-13)16(19,20)21/h1-5,11H,6-7H2. The first-order valence-electron chi connectivity index (χ1n) is 7.96. The van der Waals surface area contributed by atoms with Crippen LogP contribution in [0, 0.1) is 0 Å². The third kappa shape index (κ3) is 5.07. The first kappa shape index (κ1) is 21.6. The van der Waals surface area contributed by atoms with Crippen LogP contribution < -0.4 is 0 Å². The lowest BCUT2D eigenvalue weighted by molar-refractivity contribution is -0.196. The molecule has 1 amide bonds. The predicted molar refractivity (Wildman–Crippen MR) is 88.2 cm³/mol. The maximum absolute atomic E-state index is 12.6. The van der Waals surface area contributed by atoms with Gasteiger partial charge in [0.2, 0.25) is 5.82 Å². The van der Waals surface area contributed by atoms with Gasteiger partial charge in [0.15, 0.2) is 5.76 Å². The topological polar surface area (TPSA) is 98.7 Å². The summed E-state index contributed by atoms with van der Waals surface area (Å²) >= 11 is 0.851. The third-order valence-corrected chi connectivity index (χ3v) is 4.44. The average Bonchev–Trinajstić information content (AvgIpc) is 3.44. The lowest BCUT2D eigenvalue weighted by Crippen LogP contribution is -2.37. The number of ketones is 1. The van der Waals surface area contributed by atoms with Crippen molar-refractivity contribution in [2.45, 2.75) is 19.1 Å². The maximum atomic E-state index is 12.6. The van der Waals surface area contributed by atoms with Crippen molar-refractivity contribution in [1.82, 2.24) is 15.2 Å². The van der Waals surface area contributed by atoms with Gasteiger partial charge in [-0.1, -0.05) is 5.16 Å². The van der Waals surface area contributed by atoms with Crippen LogP contribution in [0.1, 0.15) is 21.3 Å². The van der Waals surface area contributed by atoms with Crippen molar-refractivity contribution in [3.05, 3.63) is 47.1 Å². The Labute approximate surface area is 167 Å². The van der Waals surface area contributed by atoms with Gasteiger partial charge < -0.3 is 8.94 Å². The van der Waals surface area contributed by atoms with Crippen molar-refractivity contribution < 1.29 is 45.3 Å². The molecule has 3 heterocycles. The van der Waals surface area contributed by atoms with Gasteiger partial charge in [0.1, 0.15) is 6.61 Å². The van der Waals surface area contributed by atoms with E-state index >= 15 is 0 Å². The molecule has 0 unspecified atom stereocenters. The molecule has 160 valence electrons. The second kappa shape index (κ2) is 8.71. The number of hydroxylamine groups is 2. The summed E-state index contributed by atoms with van der Waals surface area (Å²) in [6.07, 6.45) is -6.58. The molecule has 0 bridgehead atoms. The maximum Gasteiger partial charge on any atom is 0.471 e. The summed E-state index contributed by atoms with van der Waals surface area (Å²) in [6, 6.07) is 5.29. The number of alkyl halides is 5. The number of nitrogens with zero attached hydrogens (tertiary/aromatic N) is 3. The Bertz CT molecular complexity index is 1010. The molecule has 0 N–H and O–H groups in total. The van der Waals surface area contributed by atoms with Gasteiger partial charge in [-0.25, -0.2) is 13.8 Å². The van der Waals surface area contributed by atoms with Crippen molar-refractivity contribution in [2.24, 2.45) is 0 Å². The Kier molecular flexibility index (Phi) is 6.26. The van der Waals surface area contributed by atoms with Crippen LogP contribution in [0.4, 0.5) is 22.0 Å². The zero-order valence-electron chi connectivity index (χ0n) is 14.6. The number of amides is 1. The van der Waals surface area contributed by atoms with Gasteiger partial charge in [-0.05, 0) is 24.3 Å². The molecule has 0 aliphatic heterocycles. The van der Waals surface area contributed by atoms with Crippen LogP contribution in [0.2, 0.25) is 0 Å². The lowest BCUT2D eigenvalue weighted by Gasteiger charge is -2.20. The van der Waals surface area contributed by atoms with E-state index in [1.54, 1.807) is 0 Å². The van der Waals surface area contributed by atoms with Crippen molar-refractivity contribution in [3.8, 4) is 10.7 Å². The van der Waals surface area contributed by atoms with Crippen LogP contribution in [0.3, 0.4) is 0 Å². The highest BCUT2D eigenvalue weighted by molar-refractivity contribution is 7.15. The molecule has 8 nitrogen and oxygen atoms in total. The molecule has 0 saturated carbocycles. The number of carbonyl (C=O) groups excluding carboxylic acids is 2. The fourth-order valence-corrected chi connectivity index (χ4v) is 3.02. The van der Waals surface area contributed by atoms with E-state index in [0.717, 1.165) is 17.6 Å². The van der Waals surface area contributed by atoms with Gasteiger partial charge in [0.25, 0.3) is 12.2 Å². The number of thiophene rings is 1. The zero-order valence-corrected chi connectivity index (χ0v) is 15.4. The number of hydrogen-bond acceptors (Lipinski definition) is 8. The van der Waals surface area contributed by atoms with Gasteiger partial charge in [0, 0.05) is 4.88 Å². The smallest absolute Gasteiger partial charge is 0.461 e. The minimum Gasteiger partial charge on any atom is -0.461 e. The third-order valence-electron chi connectivity index (χ3n) is 3.37. The van der Waals surface area contributed by atoms with Gasteiger partial charge in [-0.2, -0.15) is 18.2 Å². The number of halogens is 5. The van der Waals surface area contributed by atoms with E-state index in [1.165, 1.54) is 24.3 Å². The molecular formula is C16H10F5N3O5S. The van der Waals surface area contributed by atoms with E-state index in [9.17, 15) is 31.5 Å². The molecule has 14 heteroatoms. The summed E-state index contributed by atoms with van der Waals surface area (Å²) in [5, 5.41) is 3.65. The first-order valence-corrected chi connectivity index (χ1v) is 8.77. The molecule has 0 saturated heterocycles. The molecule has 0 fully saturated rings. The summed E-state index contributed by atoms with van der Waals surface area (Å²) in [7, 11) is 0. The largest absolute Gasteiger partial charge is 0.471 e. The highest BCUT2D eigenvalue weighted by atomic mass is 32.1. The summed E-state index contributed by atoms with van der Waals surface area (Å²) in [5.41, 5.74) is 0. The molecule has 0 aliphatic rings. The van der Waals surface area contributed by atoms with E-state index in [1.807, 2.05) is 0 Å². The fourth-order valence-electron chi connectivity index (χ4n) is 2.11. The molecule has 0 radical (unpaired) electrons. The number of Topliss-reactive ketones (excluding diaryl/α,β-unsaturated/α-hetero) is 1. The number of carbonyl (C=O) groups is 2. The molecule has 0 aliphatic carbocycles. The van der Waals surface area contributed by atoms with Crippen LogP contribution in [0.15, 0.2) is 39.5 Å². The van der Waals surface area contributed by atoms with E-state index in [-0.39, 0.29) is 16.5 Å². The highest BCUT2D eigenvalue weighted by Gasteiger charge is 2.38. The highest BCUT2D eigenvalue weighted by Crippen LogP contribution is 2.32. The molecule has 3 aromatic heterocycles. The van der Waals surface area contributed by atoms with Crippen molar-refractivity contribution in [3.63, 3.8) is 0 Å². The molecule has 0 atom stereocenters. The number of hydrogen-bond donors (Lipinski definition) is 0. The molecular weight excluding hydrogens is 441 g/mol. The van der Waals surface area contributed by atoms with E-state index < -0.39 is 43.3 Å². The van der Waals surface area contributed by atoms with Crippen molar-refractivity contribution >= 4 is 23.0 Å². The molecule has 3 aromatic rings. The number of aromatic nitrogens is 2. The van der Waals surface area contributed by atoms with Crippen molar-refractivity contribution in [1.29, 1.82) is 0 Å². The molecule has 3 rings (SSSR count). The van der Waals surface area contributed by atoms with Crippen LogP contribution in [-0.4, -0.2) is 39.9 Å². The van der Waals surface area contributed by atoms with Gasteiger partial charge in [-0.15, -0.1) is 11.3 Å². The van der Waals surface area contributed by atoms with E-state index in [2.05, 4.69) is 14.7 Å². The quantitative estimate of drug-likeness (QED) is 0.222. The summed E-state index contributed by atoms with van der Waals surface area (Å²) in [6.45, 7) is -1.60. The van der Waals surface area contributed by atoms with Crippen LogP contribution in [0.5, 0.6) is 0 Å². The minimum absolute atomic E-state index is 0.155. The Hall–Kier alpha value is -3.13. The lowest BCUT2D eigenvalue weighted by atomic mass is 10.3. The summed E-state index contributed by atoms with van der Waals surface area (Å²) in [4.78, 5) is 32.9.